The molecule has 0 amide bonds. The second-order valence-electron chi connectivity index (χ2n) is 15.1. The first-order valence-electron chi connectivity index (χ1n) is 17.2. The van der Waals surface area contributed by atoms with Gasteiger partial charge < -0.3 is 0 Å². The minimum absolute atomic E-state index is 0.0434. The largest absolute Gasteiger partial charge is 0.212 e. The maximum atomic E-state index is 2.43. The van der Waals surface area contributed by atoms with Crippen LogP contribution in [-0.4, -0.2) is 0 Å². The predicted octanol–water partition coefficient (Wildman–Crippen LogP) is 10.2. The molecule has 0 aliphatic heterocycles. The molecule has 2 aliphatic carbocycles. The van der Waals surface area contributed by atoms with E-state index in [4.69, 9.17) is 0 Å². The van der Waals surface area contributed by atoms with Gasteiger partial charge in [0, 0.05) is 45.7 Å². The fourth-order valence-corrected chi connectivity index (χ4v) is 8.54. The van der Waals surface area contributed by atoms with Gasteiger partial charge in [0.15, 0.2) is 12.4 Å². The van der Waals surface area contributed by atoms with Crippen LogP contribution in [0.3, 0.4) is 0 Å². The quantitative estimate of drug-likeness (QED) is 0.169. The van der Waals surface area contributed by atoms with Crippen LogP contribution in [0.1, 0.15) is 72.2 Å². The van der Waals surface area contributed by atoms with Gasteiger partial charge in [-0.15, -0.1) is 0 Å². The Bertz CT molecular complexity index is 2250. The smallest absolute Gasteiger partial charge is 0.201 e. The van der Waals surface area contributed by atoms with E-state index < -0.39 is 0 Å². The second-order valence-corrected chi connectivity index (χ2v) is 15.1. The molecule has 240 valence electrons. The van der Waals surface area contributed by atoms with E-state index in [9.17, 15) is 0 Å². The van der Waals surface area contributed by atoms with E-state index in [0.717, 1.165) is 0 Å². The number of aromatic nitrogens is 2. The lowest BCUT2D eigenvalue weighted by Gasteiger charge is -2.24. The van der Waals surface area contributed by atoms with Gasteiger partial charge >= 0.3 is 0 Å². The van der Waals surface area contributed by atoms with Gasteiger partial charge in [-0.2, -0.15) is 0 Å². The van der Waals surface area contributed by atoms with Crippen LogP contribution in [0.2, 0.25) is 0 Å². The Balaban J connectivity index is 0.000000152. The number of pyridine rings is 2. The standard InChI is InChI=1S/C24H26N.C22H22N/c1-15-10-11-22(25(6)14-15)19-13-21-20(12-17(19)3)18-9-7-8-16(2)23(18)24(21,4)5;1-15-13-18-16-9-5-6-10-19(16)22(2,3)20(18)14-17(15)21-11-7-8-12-23(21)4/h7-14H,1-6H3;5-14H,1-4H3/q2*+1. The number of hydrogen-bond acceptors (Lipinski definition) is 0. The zero-order valence-corrected chi connectivity index (χ0v) is 30.3. The third kappa shape index (κ3) is 4.93. The maximum absolute atomic E-state index is 2.43. The first kappa shape index (κ1) is 31.8. The average molecular weight is 629 g/mol. The van der Waals surface area contributed by atoms with Crippen molar-refractivity contribution >= 4 is 0 Å². The van der Waals surface area contributed by atoms with E-state index in [1.165, 1.54) is 89.3 Å². The number of rotatable bonds is 2. The molecule has 2 heterocycles. The van der Waals surface area contributed by atoms with Crippen LogP contribution in [0.5, 0.6) is 0 Å². The molecule has 0 unspecified atom stereocenters. The molecule has 6 aromatic rings. The lowest BCUT2D eigenvalue weighted by atomic mass is 9.79. The van der Waals surface area contributed by atoms with E-state index >= 15 is 0 Å². The Labute approximate surface area is 287 Å². The van der Waals surface area contributed by atoms with Crippen molar-refractivity contribution in [2.75, 3.05) is 0 Å². The fourth-order valence-electron chi connectivity index (χ4n) is 8.54. The highest BCUT2D eigenvalue weighted by Crippen LogP contribution is 2.52. The highest BCUT2D eigenvalue weighted by Gasteiger charge is 2.38. The number of nitrogens with zero attached hydrogens (tertiary/aromatic N) is 2. The lowest BCUT2D eigenvalue weighted by molar-refractivity contribution is -0.660. The van der Waals surface area contributed by atoms with Crippen molar-refractivity contribution in [2.24, 2.45) is 14.1 Å². The summed E-state index contributed by atoms with van der Waals surface area (Å²) in [6.07, 6.45) is 4.31. The maximum Gasteiger partial charge on any atom is 0.212 e. The molecular weight excluding hydrogens is 581 g/mol. The molecule has 2 aliphatic rings. The summed E-state index contributed by atoms with van der Waals surface area (Å²) in [5, 5.41) is 0. The van der Waals surface area contributed by atoms with Crippen molar-refractivity contribution in [1.29, 1.82) is 0 Å². The molecule has 4 aromatic carbocycles. The SMILES string of the molecule is Cc1cc2c(cc1-c1cccc[n+]1C)C(C)(C)c1ccccc1-2.Cc1ccc(-c2cc3c(cc2C)-c2cccc(C)c2C3(C)C)[n+](C)c1. The highest BCUT2D eigenvalue weighted by atomic mass is 14.9. The first-order chi connectivity index (χ1) is 22.8. The molecule has 0 fully saturated rings. The van der Waals surface area contributed by atoms with Crippen molar-refractivity contribution in [1.82, 2.24) is 0 Å². The van der Waals surface area contributed by atoms with Crippen molar-refractivity contribution < 1.29 is 9.13 Å². The van der Waals surface area contributed by atoms with Gasteiger partial charge in [0.2, 0.25) is 11.4 Å². The number of fused-ring (bicyclic) bond motifs is 6. The first-order valence-corrected chi connectivity index (χ1v) is 17.2. The van der Waals surface area contributed by atoms with E-state index in [0.29, 0.717) is 0 Å². The fraction of sp³-hybridized carbons (Fsp3) is 0.261. The Hall–Kier alpha value is -4.82. The molecule has 0 atom stereocenters. The molecule has 2 heteroatoms. The van der Waals surface area contributed by atoms with Crippen LogP contribution in [0.4, 0.5) is 0 Å². The van der Waals surface area contributed by atoms with Crippen LogP contribution in [0.25, 0.3) is 44.8 Å². The summed E-state index contributed by atoms with van der Waals surface area (Å²) in [6.45, 7) is 18.2. The van der Waals surface area contributed by atoms with Gasteiger partial charge in [-0.05, 0) is 113 Å². The summed E-state index contributed by atoms with van der Waals surface area (Å²) >= 11 is 0. The predicted molar refractivity (Wildman–Crippen MR) is 200 cm³/mol. The third-order valence-electron chi connectivity index (χ3n) is 11.0. The molecular formula is C46H48N2+2. The Morgan fingerprint density at radius 1 is 0.438 bits per heavy atom. The van der Waals surface area contributed by atoms with Crippen LogP contribution in [0, 0.1) is 27.7 Å². The second kappa shape index (κ2) is 11.4. The van der Waals surface area contributed by atoms with Gasteiger partial charge in [0.05, 0.1) is 0 Å². The summed E-state index contributed by atoms with van der Waals surface area (Å²) < 4.78 is 4.44. The van der Waals surface area contributed by atoms with E-state index in [1.54, 1.807) is 0 Å². The Kier molecular flexibility index (Phi) is 7.55. The topological polar surface area (TPSA) is 7.76 Å². The Morgan fingerprint density at radius 3 is 1.69 bits per heavy atom. The lowest BCUT2D eigenvalue weighted by Crippen LogP contribution is -2.31. The zero-order chi connectivity index (χ0) is 34.1. The average Bonchev–Trinajstić information content (AvgIpc) is 3.40. The minimum Gasteiger partial charge on any atom is -0.201 e. The molecule has 0 radical (unpaired) electrons. The van der Waals surface area contributed by atoms with E-state index in [-0.39, 0.29) is 10.8 Å². The third-order valence-corrected chi connectivity index (χ3v) is 11.0. The number of aryl methyl sites for hydroxylation is 6. The normalized spacial score (nSPS) is 14.4. The molecule has 0 N–H and O–H groups in total. The Morgan fingerprint density at radius 2 is 1.02 bits per heavy atom. The van der Waals surface area contributed by atoms with Gasteiger partial charge in [-0.3, -0.25) is 0 Å². The summed E-state index contributed by atoms with van der Waals surface area (Å²) in [6, 6.07) is 35.9. The van der Waals surface area contributed by atoms with E-state index in [2.05, 4.69) is 188 Å². The van der Waals surface area contributed by atoms with Gasteiger partial charge in [0.25, 0.3) is 0 Å². The molecule has 2 aromatic heterocycles. The molecule has 2 nitrogen and oxygen atoms in total. The van der Waals surface area contributed by atoms with Crippen LogP contribution >= 0.6 is 0 Å². The van der Waals surface area contributed by atoms with Crippen molar-refractivity contribution in [3.8, 4) is 44.8 Å². The van der Waals surface area contributed by atoms with Gasteiger partial charge in [-0.1, -0.05) is 82.3 Å². The number of benzene rings is 4. The molecule has 8 rings (SSSR count). The molecule has 0 saturated carbocycles. The van der Waals surface area contributed by atoms with Crippen LogP contribution in [-0.2, 0) is 24.9 Å². The summed E-state index contributed by atoms with van der Waals surface area (Å²) in [5.74, 6) is 0. The number of hydrogen-bond donors (Lipinski definition) is 0. The molecule has 48 heavy (non-hydrogen) atoms. The van der Waals surface area contributed by atoms with Gasteiger partial charge in [0.1, 0.15) is 14.1 Å². The molecule has 0 bridgehead atoms. The minimum atomic E-state index is 0.0434. The zero-order valence-electron chi connectivity index (χ0n) is 30.3. The summed E-state index contributed by atoms with van der Waals surface area (Å²) in [7, 11) is 4.25. The van der Waals surface area contributed by atoms with E-state index in [1.807, 2.05) is 0 Å². The van der Waals surface area contributed by atoms with Gasteiger partial charge in [-0.25, -0.2) is 9.13 Å². The summed E-state index contributed by atoms with van der Waals surface area (Å²) in [5.41, 5.74) is 22.0. The molecule has 0 saturated heterocycles. The van der Waals surface area contributed by atoms with Crippen LogP contribution < -0.4 is 9.13 Å². The van der Waals surface area contributed by atoms with Crippen molar-refractivity contribution in [3.63, 3.8) is 0 Å². The molecule has 0 spiro atoms. The van der Waals surface area contributed by atoms with Crippen molar-refractivity contribution in [3.05, 3.63) is 154 Å². The highest BCUT2D eigenvalue weighted by molar-refractivity contribution is 5.86. The van der Waals surface area contributed by atoms with Crippen LogP contribution in [0.15, 0.2) is 109 Å². The monoisotopic (exact) mass is 628 g/mol. The summed E-state index contributed by atoms with van der Waals surface area (Å²) in [4.78, 5) is 0. The van der Waals surface area contributed by atoms with Crippen molar-refractivity contribution in [2.45, 2.75) is 66.2 Å².